The van der Waals surface area contributed by atoms with Crippen LogP contribution in [0.3, 0.4) is 0 Å². The van der Waals surface area contributed by atoms with Crippen LogP contribution in [0.25, 0.3) is 0 Å². The first-order chi connectivity index (χ1) is 8.20. The van der Waals surface area contributed by atoms with Gasteiger partial charge >= 0.3 is 0 Å². The van der Waals surface area contributed by atoms with Gasteiger partial charge in [-0.2, -0.15) is 0 Å². The molecule has 88 valence electrons. The first-order valence-electron chi connectivity index (χ1n) is 5.46. The molecule has 1 heterocycles. The number of aryl methyl sites for hydroxylation is 2. The third kappa shape index (κ3) is 2.84. The average molecular weight is 245 g/mol. The van der Waals surface area contributed by atoms with Crippen LogP contribution in [0.2, 0.25) is 0 Å². The van der Waals surface area contributed by atoms with Crippen molar-refractivity contribution in [3.05, 3.63) is 47.4 Å². The van der Waals surface area contributed by atoms with Gasteiger partial charge in [0.05, 0.1) is 5.69 Å². The van der Waals surface area contributed by atoms with Crippen molar-refractivity contribution in [2.75, 3.05) is 0 Å². The fraction of sp³-hybridized carbons (Fsp3) is 0.231. The van der Waals surface area contributed by atoms with E-state index in [9.17, 15) is 0 Å². The smallest absolute Gasteiger partial charge is 0.124 e. The van der Waals surface area contributed by atoms with Crippen molar-refractivity contribution >= 4 is 11.8 Å². The standard InChI is InChI=1S/C13H15N3S/c1-9-3-4-10(2)12(7-9)17-13-11(8-14)15-5-6-16-13/h3-7H,8,14H2,1-2H3. The average Bonchev–Trinajstić information content (AvgIpc) is 2.34. The number of nitrogens with zero attached hydrogens (tertiary/aromatic N) is 2. The van der Waals surface area contributed by atoms with Gasteiger partial charge in [0.15, 0.2) is 0 Å². The van der Waals surface area contributed by atoms with Crippen LogP contribution in [0.4, 0.5) is 0 Å². The largest absolute Gasteiger partial charge is 0.325 e. The molecule has 0 radical (unpaired) electrons. The van der Waals surface area contributed by atoms with E-state index in [1.165, 1.54) is 16.0 Å². The SMILES string of the molecule is Cc1ccc(C)c(Sc2nccnc2CN)c1. The van der Waals surface area contributed by atoms with E-state index in [0.29, 0.717) is 6.54 Å². The van der Waals surface area contributed by atoms with Crippen LogP contribution in [0.1, 0.15) is 16.8 Å². The Morgan fingerprint density at radius 1 is 1.18 bits per heavy atom. The van der Waals surface area contributed by atoms with Gasteiger partial charge in [0.1, 0.15) is 5.03 Å². The van der Waals surface area contributed by atoms with Gasteiger partial charge < -0.3 is 5.73 Å². The Labute approximate surface area is 105 Å². The number of benzene rings is 1. The molecule has 0 fully saturated rings. The predicted molar refractivity (Wildman–Crippen MR) is 70.0 cm³/mol. The molecule has 0 aliphatic carbocycles. The number of aromatic nitrogens is 2. The van der Waals surface area contributed by atoms with E-state index in [-0.39, 0.29) is 0 Å². The molecule has 17 heavy (non-hydrogen) atoms. The Kier molecular flexibility index (Phi) is 3.76. The highest BCUT2D eigenvalue weighted by Gasteiger charge is 2.07. The maximum absolute atomic E-state index is 5.66. The summed E-state index contributed by atoms with van der Waals surface area (Å²) < 4.78 is 0. The minimum absolute atomic E-state index is 0.418. The highest BCUT2D eigenvalue weighted by atomic mass is 32.2. The van der Waals surface area contributed by atoms with Gasteiger partial charge in [-0.3, -0.25) is 4.98 Å². The molecular weight excluding hydrogens is 230 g/mol. The minimum Gasteiger partial charge on any atom is -0.325 e. The number of hydrogen-bond acceptors (Lipinski definition) is 4. The molecule has 0 saturated carbocycles. The first-order valence-corrected chi connectivity index (χ1v) is 6.27. The highest BCUT2D eigenvalue weighted by Crippen LogP contribution is 2.30. The third-order valence-corrected chi connectivity index (χ3v) is 3.67. The van der Waals surface area contributed by atoms with Crippen molar-refractivity contribution in [2.45, 2.75) is 30.3 Å². The zero-order chi connectivity index (χ0) is 12.3. The van der Waals surface area contributed by atoms with Crippen molar-refractivity contribution in [1.82, 2.24) is 9.97 Å². The van der Waals surface area contributed by atoms with E-state index < -0.39 is 0 Å². The second kappa shape index (κ2) is 5.29. The van der Waals surface area contributed by atoms with Crippen molar-refractivity contribution in [3.63, 3.8) is 0 Å². The quantitative estimate of drug-likeness (QED) is 0.903. The summed E-state index contributed by atoms with van der Waals surface area (Å²) in [5, 5.41) is 0.892. The lowest BCUT2D eigenvalue weighted by molar-refractivity contribution is 0.886. The van der Waals surface area contributed by atoms with E-state index in [4.69, 9.17) is 5.73 Å². The Hall–Kier alpha value is -1.39. The molecule has 1 aromatic heterocycles. The van der Waals surface area contributed by atoms with Gasteiger partial charge in [0.2, 0.25) is 0 Å². The van der Waals surface area contributed by atoms with Crippen molar-refractivity contribution < 1.29 is 0 Å². The lowest BCUT2D eigenvalue weighted by Gasteiger charge is -2.08. The van der Waals surface area contributed by atoms with Crippen molar-refractivity contribution in [1.29, 1.82) is 0 Å². The summed E-state index contributed by atoms with van der Waals surface area (Å²) in [5.41, 5.74) is 8.99. The second-order valence-corrected chi connectivity index (χ2v) is 4.91. The monoisotopic (exact) mass is 245 g/mol. The van der Waals surface area contributed by atoms with Gasteiger partial charge in [-0.05, 0) is 31.0 Å². The molecule has 0 amide bonds. The summed E-state index contributed by atoms with van der Waals surface area (Å²) in [6.45, 7) is 4.60. The predicted octanol–water partition coefficient (Wildman–Crippen LogP) is 2.70. The highest BCUT2D eigenvalue weighted by molar-refractivity contribution is 7.99. The molecule has 0 aliphatic heterocycles. The summed E-state index contributed by atoms with van der Waals surface area (Å²) in [6, 6.07) is 6.39. The van der Waals surface area contributed by atoms with Gasteiger partial charge in [-0.25, -0.2) is 4.98 Å². The van der Waals surface area contributed by atoms with Gasteiger partial charge in [0, 0.05) is 23.8 Å². The van der Waals surface area contributed by atoms with Crippen molar-refractivity contribution in [3.8, 4) is 0 Å². The first kappa shape index (κ1) is 12.1. The second-order valence-electron chi connectivity index (χ2n) is 3.88. The molecule has 4 heteroatoms. The normalized spacial score (nSPS) is 10.5. The molecule has 0 unspecified atom stereocenters. The lowest BCUT2D eigenvalue weighted by atomic mass is 10.2. The fourth-order valence-electron chi connectivity index (χ4n) is 1.50. The van der Waals surface area contributed by atoms with Crippen LogP contribution in [0.15, 0.2) is 40.5 Å². The molecule has 0 spiro atoms. The summed E-state index contributed by atoms with van der Waals surface area (Å²) in [5.74, 6) is 0. The van der Waals surface area contributed by atoms with E-state index in [1.54, 1.807) is 24.2 Å². The molecule has 0 saturated heterocycles. The Bertz CT molecular complexity index is 526. The number of nitrogens with two attached hydrogens (primary N) is 1. The maximum Gasteiger partial charge on any atom is 0.124 e. The molecule has 2 N–H and O–H groups in total. The molecule has 2 rings (SSSR count). The number of hydrogen-bond donors (Lipinski definition) is 1. The molecule has 2 aromatic rings. The number of rotatable bonds is 3. The van der Waals surface area contributed by atoms with Crippen LogP contribution < -0.4 is 5.73 Å². The zero-order valence-electron chi connectivity index (χ0n) is 9.97. The lowest BCUT2D eigenvalue weighted by Crippen LogP contribution is -2.02. The van der Waals surface area contributed by atoms with Gasteiger partial charge in [-0.15, -0.1) is 0 Å². The van der Waals surface area contributed by atoms with Crippen LogP contribution in [0.5, 0.6) is 0 Å². The van der Waals surface area contributed by atoms with E-state index in [2.05, 4.69) is 42.0 Å². The minimum atomic E-state index is 0.418. The molecule has 0 atom stereocenters. The van der Waals surface area contributed by atoms with E-state index in [0.717, 1.165) is 10.7 Å². The van der Waals surface area contributed by atoms with Crippen LogP contribution in [0, 0.1) is 13.8 Å². The summed E-state index contributed by atoms with van der Waals surface area (Å²) in [7, 11) is 0. The van der Waals surface area contributed by atoms with E-state index >= 15 is 0 Å². The third-order valence-electron chi connectivity index (χ3n) is 2.48. The summed E-state index contributed by atoms with van der Waals surface area (Å²) in [4.78, 5) is 9.78. The van der Waals surface area contributed by atoms with E-state index in [1.807, 2.05) is 0 Å². The molecule has 0 aliphatic rings. The Morgan fingerprint density at radius 2 is 1.94 bits per heavy atom. The fourth-order valence-corrected chi connectivity index (χ4v) is 2.55. The van der Waals surface area contributed by atoms with Crippen LogP contribution in [-0.2, 0) is 6.54 Å². The summed E-state index contributed by atoms with van der Waals surface area (Å²) >= 11 is 1.63. The molecular formula is C13H15N3S. The topological polar surface area (TPSA) is 51.8 Å². The molecule has 3 nitrogen and oxygen atoms in total. The molecule has 1 aromatic carbocycles. The van der Waals surface area contributed by atoms with Gasteiger partial charge in [-0.1, -0.05) is 23.9 Å². The maximum atomic E-state index is 5.66. The van der Waals surface area contributed by atoms with Crippen LogP contribution >= 0.6 is 11.8 Å². The van der Waals surface area contributed by atoms with Gasteiger partial charge in [0.25, 0.3) is 0 Å². The zero-order valence-corrected chi connectivity index (χ0v) is 10.8. The Balaban J connectivity index is 2.34. The van der Waals surface area contributed by atoms with Crippen LogP contribution in [-0.4, -0.2) is 9.97 Å². The molecule has 0 bridgehead atoms. The Morgan fingerprint density at radius 3 is 2.71 bits per heavy atom. The van der Waals surface area contributed by atoms with Crippen molar-refractivity contribution in [2.24, 2.45) is 5.73 Å². The summed E-state index contributed by atoms with van der Waals surface area (Å²) in [6.07, 6.45) is 3.38.